The van der Waals surface area contributed by atoms with E-state index in [4.69, 9.17) is 4.74 Å². The van der Waals surface area contributed by atoms with Gasteiger partial charge in [-0.2, -0.15) is 8.75 Å². The summed E-state index contributed by atoms with van der Waals surface area (Å²) >= 11 is 1.16. The first kappa shape index (κ1) is 10.8. The van der Waals surface area contributed by atoms with Crippen LogP contribution in [0.2, 0.25) is 0 Å². The fraction of sp³-hybridized carbons (Fsp3) is 0.300. The third kappa shape index (κ3) is 1.96. The van der Waals surface area contributed by atoms with Crippen LogP contribution in [-0.4, -0.2) is 27.4 Å². The standard InChI is InChI=1S/C10H12N4OS/c1-3-11-10-9(13-16-14-10)8-7(15-2)5-4-6-12-8/h4-6H,3H2,1-2H3,(H,11,14). The van der Waals surface area contributed by atoms with Crippen molar-refractivity contribution >= 4 is 17.5 Å². The molecule has 84 valence electrons. The predicted octanol–water partition coefficient (Wildman–Crippen LogP) is 2.04. The lowest BCUT2D eigenvalue weighted by molar-refractivity contribution is 0.414. The summed E-state index contributed by atoms with van der Waals surface area (Å²) in [7, 11) is 1.62. The van der Waals surface area contributed by atoms with Crippen molar-refractivity contribution < 1.29 is 4.74 Å². The maximum absolute atomic E-state index is 5.25. The lowest BCUT2D eigenvalue weighted by atomic mass is 10.2. The summed E-state index contributed by atoms with van der Waals surface area (Å²) in [6.45, 7) is 2.81. The number of methoxy groups -OCH3 is 1. The van der Waals surface area contributed by atoms with Crippen LogP contribution in [0, 0.1) is 0 Å². The summed E-state index contributed by atoms with van der Waals surface area (Å²) < 4.78 is 13.7. The first-order valence-electron chi connectivity index (χ1n) is 4.92. The average Bonchev–Trinajstić information content (AvgIpc) is 2.77. The zero-order valence-corrected chi connectivity index (χ0v) is 9.91. The first-order chi connectivity index (χ1) is 7.86. The highest BCUT2D eigenvalue weighted by atomic mass is 32.1. The molecule has 0 atom stereocenters. The molecule has 0 aliphatic rings. The van der Waals surface area contributed by atoms with Gasteiger partial charge in [0.05, 0.1) is 18.8 Å². The largest absolute Gasteiger partial charge is 0.494 e. The molecule has 6 heteroatoms. The highest BCUT2D eigenvalue weighted by molar-refractivity contribution is 6.99. The van der Waals surface area contributed by atoms with Gasteiger partial charge in [0, 0.05) is 12.7 Å². The maximum Gasteiger partial charge on any atom is 0.169 e. The molecule has 0 spiro atoms. The molecule has 16 heavy (non-hydrogen) atoms. The minimum atomic E-state index is 0.703. The van der Waals surface area contributed by atoms with Gasteiger partial charge >= 0.3 is 0 Å². The number of aromatic nitrogens is 3. The van der Waals surface area contributed by atoms with Crippen molar-refractivity contribution in [1.82, 2.24) is 13.7 Å². The highest BCUT2D eigenvalue weighted by Crippen LogP contribution is 2.30. The maximum atomic E-state index is 5.25. The van der Waals surface area contributed by atoms with Gasteiger partial charge in [0.25, 0.3) is 0 Å². The van der Waals surface area contributed by atoms with Crippen molar-refractivity contribution in [3.8, 4) is 17.1 Å². The molecule has 0 saturated carbocycles. The van der Waals surface area contributed by atoms with Crippen LogP contribution in [0.5, 0.6) is 5.75 Å². The lowest BCUT2D eigenvalue weighted by Crippen LogP contribution is -2.00. The van der Waals surface area contributed by atoms with Crippen molar-refractivity contribution in [1.29, 1.82) is 0 Å². The van der Waals surface area contributed by atoms with E-state index in [1.807, 2.05) is 19.1 Å². The Morgan fingerprint density at radius 1 is 1.38 bits per heavy atom. The van der Waals surface area contributed by atoms with Crippen LogP contribution >= 0.6 is 11.7 Å². The molecule has 2 rings (SSSR count). The average molecular weight is 236 g/mol. The van der Waals surface area contributed by atoms with E-state index in [0.717, 1.165) is 35.5 Å². The molecule has 2 aromatic heterocycles. The number of anilines is 1. The molecular weight excluding hydrogens is 224 g/mol. The number of hydrogen-bond donors (Lipinski definition) is 1. The quantitative estimate of drug-likeness (QED) is 0.880. The Hall–Kier alpha value is -1.69. The first-order valence-corrected chi connectivity index (χ1v) is 5.65. The summed E-state index contributed by atoms with van der Waals surface area (Å²) in [6, 6.07) is 3.69. The smallest absolute Gasteiger partial charge is 0.169 e. The van der Waals surface area contributed by atoms with Gasteiger partial charge in [-0.25, -0.2) is 0 Å². The van der Waals surface area contributed by atoms with Crippen LogP contribution in [-0.2, 0) is 0 Å². The van der Waals surface area contributed by atoms with Gasteiger partial charge in [0.15, 0.2) is 11.5 Å². The van der Waals surface area contributed by atoms with Gasteiger partial charge in [-0.1, -0.05) is 0 Å². The van der Waals surface area contributed by atoms with Crippen molar-refractivity contribution in [3.63, 3.8) is 0 Å². The van der Waals surface area contributed by atoms with E-state index in [1.54, 1.807) is 13.3 Å². The van der Waals surface area contributed by atoms with Crippen LogP contribution in [0.15, 0.2) is 18.3 Å². The summed E-state index contributed by atoms with van der Waals surface area (Å²) in [5.41, 5.74) is 1.46. The molecule has 2 heterocycles. The second-order valence-electron chi connectivity index (χ2n) is 3.05. The van der Waals surface area contributed by atoms with E-state index in [2.05, 4.69) is 19.0 Å². The molecule has 0 fully saturated rings. The van der Waals surface area contributed by atoms with Crippen molar-refractivity contribution in [3.05, 3.63) is 18.3 Å². The third-order valence-corrected chi connectivity index (χ3v) is 2.58. The van der Waals surface area contributed by atoms with E-state index < -0.39 is 0 Å². The van der Waals surface area contributed by atoms with Crippen molar-refractivity contribution in [2.45, 2.75) is 6.92 Å². The molecule has 0 aliphatic heterocycles. The Balaban J connectivity index is 2.45. The van der Waals surface area contributed by atoms with Crippen molar-refractivity contribution in [2.24, 2.45) is 0 Å². The summed E-state index contributed by atoms with van der Waals surface area (Å²) in [6.07, 6.45) is 1.72. The molecule has 1 N–H and O–H groups in total. The fourth-order valence-electron chi connectivity index (χ4n) is 1.36. The molecule has 0 saturated heterocycles. The Labute approximate surface area is 97.8 Å². The van der Waals surface area contributed by atoms with E-state index in [0.29, 0.717) is 5.75 Å². The summed E-state index contributed by atoms with van der Waals surface area (Å²) in [5.74, 6) is 1.46. The molecule has 0 unspecified atom stereocenters. The van der Waals surface area contributed by atoms with Crippen LogP contribution in [0.25, 0.3) is 11.4 Å². The Kier molecular flexibility index (Phi) is 3.31. The monoisotopic (exact) mass is 236 g/mol. The van der Waals surface area contributed by atoms with Crippen LogP contribution in [0.4, 0.5) is 5.82 Å². The van der Waals surface area contributed by atoms with E-state index in [-0.39, 0.29) is 0 Å². The third-order valence-electron chi connectivity index (χ3n) is 2.05. The Morgan fingerprint density at radius 3 is 3.00 bits per heavy atom. The Morgan fingerprint density at radius 2 is 2.25 bits per heavy atom. The van der Waals surface area contributed by atoms with Gasteiger partial charge in [-0.15, -0.1) is 0 Å². The number of hydrogen-bond acceptors (Lipinski definition) is 6. The van der Waals surface area contributed by atoms with E-state index in [9.17, 15) is 0 Å². The van der Waals surface area contributed by atoms with Gasteiger partial charge in [0.1, 0.15) is 11.4 Å². The minimum Gasteiger partial charge on any atom is -0.494 e. The molecule has 0 aromatic carbocycles. The van der Waals surface area contributed by atoms with E-state index in [1.165, 1.54) is 0 Å². The number of ether oxygens (including phenoxy) is 1. The molecule has 5 nitrogen and oxygen atoms in total. The fourth-order valence-corrected chi connectivity index (χ4v) is 1.89. The predicted molar refractivity (Wildman–Crippen MR) is 63.9 cm³/mol. The second kappa shape index (κ2) is 4.89. The van der Waals surface area contributed by atoms with Gasteiger partial charge < -0.3 is 10.1 Å². The number of rotatable bonds is 4. The zero-order chi connectivity index (χ0) is 11.4. The molecule has 0 radical (unpaired) electrons. The molecular formula is C10H12N4OS. The second-order valence-corrected chi connectivity index (χ2v) is 3.57. The van der Waals surface area contributed by atoms with Crippen LogP contribution < -0.4 is 10.1 Å². The van der Waals surface area contributed by atoms with Gasteiger partial charge in [-0.3, -0.25) is 4.98 Å². The van der Waals surface area contributed by atoms with Gasteiger partial charge in [-0.05, 0) is 19.1 Å². The molecule has 0 aliphatic carbocycles. The molecule has 0 amide bonds. The molecule has 2 aromatic rings. The Bertz CT molecular complexity index is 471. The molecule has 0 bridgehead atoms. The normalized spacial score (nSPS) is 10.1. The lowest BCUT2D eigenvalue weighted by Gasteiger charge is -2.06. The van der Waals surface area contributed by atoms with Gasteiger partial charge in [0.2, 0.25) is 0 Å². The van der Waals surface area contributed by atoms with Crippen LogP contribution in [0.1, 0.15) is 6.92 Å². The SMILES string of the molecule is CCNc1nsnc1-c1ncccc1OC. The highest BCUT2D eigenvalue weighted by Gasteiger charge is 2.15. The van der Waals surface area contributed by atoms with Crippen LogP contribution in [0.3, 0.4) is 0 Å². The van der Waals surface area contributed by atoms with E-state index >= 15 is 0 Å². The number of nitrogens with one attached hydrogen (secondary N) is 1. The topological polar surface area (TPSA) is 59.9 Å². The number of pyridine rings is 1. The van der Waals surface area contributed by atoms with Crippen molar-refractivity contribution in [2.75, 3.05) is 19.0 Å². The zero-order valence-electron chi connectivity index (χ0n) is 9.10. The minimum absolute atomic E-state index is 0.703. The summed E-state index contributed by atoms with van der Waals surface area (Å²) in [5, 5.41) is 3.15. The number of nitrogens with zero attached hydrogens (tertiary/aromatic N) is 3. The summed E-state index contributed by atoms with van der Waals surface area (Å²) in [4.78, 5) is 4.27.